The normalized spacial score (nSPS) is 13.9. The van der Waals surface area contributed by atoms with Crippen molar-refractivity contribution in [1.82, 2.24) is 5.32 Å². The minimum absolute atomic E-state index is 0.0401. The first-order chi connectivity index (χ1) is 9.72. The molecule has 2 unspecified atom stereocenters. The van der Waals surface area contributed by atoms with Crippen LogP contribution in [-0.2, 0) is 10.8 Å². The maximum absolute atomic E-state index is 13.7. The SMILES string of the molecule is CCNC(CS(=O)c1ccccc1F)c1ccccc1. The van der Waals surface area contributed by atoms with Crippen molar-refractivity contribution in [2.75, 3.05) is 12.3 Å². The molecular weight excluding hydrogens is 273 g/mol. The second-order valence-corrected chi connectivity index (χ2v) is 5.93. The van der Waals surface area contributed by atoms with Crippen molar-refractivity contribution in [3.05, 3.63) is 66.0 Å². The predicted octanol–water partition coefficient (Wildman–Crippen LogP) is 3.28. The van der Waals surface area contributed by atoms with E-state index < -0.39 is 16.6 Å². The molecule has 0 fully saturated rings. The summed E-state index contributed by atoms with van der Waals surface area (Å²) in [7, 11) is -1.36. The van der Waals surface area contributed by atoms with Crippen LogP contribution in [0.25, 0.3) is 0 Å². The molecule has 2 aromatic rings. The van der Waals surface area contributed by atoms with Crippen LogP contribution in [-0.4, -0.2) is 16.5 Å². The molecule has 4 heteroatoms. The van der Waals surface area contributed by atoms with E-state index >= 15 is 0 Å². The summed E-state index contributed by atoms with van der Waals surface area (Å²) in [5, 5.41) is 3.30. The van der Waals surface area contributed by atoms with Crippen molar-refractivity contribution in [2.45, 2.75) is 17.9 Å². The minimum atomic E-state index is -1.36. The van der Waals surface area contributed by atoms with Crippen LogP contribution < -0.4 is 5.32 Å². The van der Waals surface area contributed by atoms with Crippen LogP contribution in [0.4, 0.5) is 4.39 Å². The Kier molecular flexibility index (Phi) is 5.44. The highest BCUT2D eigenvalue weighted by Gasteiger charge is 2.17. The monoisotopic (exact) mass is 291 g/mol. The van der Waals surface area contributed by atoms with Gasteiger partial charge < -0.3 is 5.32 Å². The number of rotatable bonds is 6. The van der Waals surface area contributed by atoms with E-state index in [-0.39, 0.29) is 10.9 Å². The van der Waals surface area contributed by atoms with E-state index in [0.717, 1.165) is 12.1 Å². The van der Waals surface area contributed by atoms with E-state index in [9.17, 15) is 8.60 Å². The van der Waals surface area contributed by atoms with Gasteiger partial charge in [-0.05, 0) is 24.2 Å². The van der Waals surface area contributed by atoms with Gasteiger partial charge in [-0.25, -0.2) is 4.39 Å². The number of hydrogen-bond acceptors (Lipinski definition) is 2. The summed E-state index contributed by atoms with van der Waals surface area (Å²) in [6.45, 7) is 2.77. The average Bonchev–Trinajstić information content (AvgIpc) is 2.48. The average molecular weight is 291 g/mol. The minimum Gasteiger partial charge on any atom is -0.309 e. The highest BCUT2D eigenvalue weighted by atomic mass is 32.2. The van der Waals surface area contributed by atoms with Gasteiger partial charge in [0.15, 0.2) is 0 Å². The molecule has 2 aromatic carbocycles. The van der Waals surface area contributed by atoms with Crippen LogP contribution in [0.15, 0.2) is 59.5 Å². The Labute approximate surface area is 121 Å². The van der Waals surface area contributed by atoms with Gasteiger partial charge in [-0.2, -0.15) is 0 Å². The Morgan fingerprint density at radius 1 is 1.10 bits per heavy atom. The Balaban J connectivity index is 2.17. The van der Waals surface area contributed by atoms with Crippen molar-refractivity contribution in [3.8, 4) is 0 Å². The first kappa shape index (κ1) is 14.9. The van der Waals surface area contributed by atoms with Gasteiger partial charge in [-0.3, -0.25) is 4.21 Å². The number of benzene rings is 2. The molecule has 2 atom stereocenters. The zero-order chi connectivity index (χ0) is 14.4. The molecular formula is C16H18FNOS. The quantitative estimate of drug-likeness (QED) is 0.885. The molecule has 2 rings (SSSR count). The lowest BCUT2D eigenvalue weighted by Crippen LogP contribution is -2.26. The molecule has 0 aliphatic heterocycles. The number of halogens is 1. The summed E-state index contributed by atoms with van der Waals surface area (Å²) in [4.78, 5) is 0.270. The number of hydrogen-bond donors (Lipinski definition) is 1. The molecule has 0 heterocycles. The van der Waals surface area contributed by atoms with Gasteiger partial charge in [0.25, 0.3) is 0 Å². The predicted molar refractivity (Wildman–Crippen MR) is 80.5 cm³/mol. The van der Waals surface area contributed by atoms with Crippen LogP contribution in [0, 0.1) is 5.82 Å². The molecule has 20 heavy (non-hydrogen) atoms. The Morgan fingerprint density at radius 3 is 2.40 bits per heavy atom. The van der Waals surface area contributed by atoms with Gasteiger partial charge in [0, 0.05) is 11.8 Å². The molecule has 0 aliphatic carbocycles. The summed E-state index contributed by atoms with van der Waals surface area (Å²) < 4.78 is 26.0. The molecule has 0 amide bonds. The molecule has 0 bridgehead atoms. The van der Waals surface area contributed by atoms with Crippen molar-refractivity contribution < 1.29 is 8.60 Å². The molecule has 0 spiro atoms. The van der Waals surface area contributed by atoms with Gasteiger partial charge in [0.2, 0.25) is 0 Å². The molecule has 0 aliphatic rings. The summed E-state index contributed by atoms with van der Waals surface area (Å²) >= 11 is 0. The molecule has 106 valence electrons. The summed E-state index contributed by atoms with van der Waals surface area (Å²) in [5.41, 5.74) is 1.07. The zero-order valence-electron chi connectivity index (χ0n) is 11.4. The van der Waals surface area contributed by atoms with E-state index in [2.05, 4.69) is 5.32 Å². The van der Waals surface area contributed by atoms with Crippen LogP contribution in [0.2, 0.25) is 0 Å². The largest absolute Gasteiger partial charge is 0.309 e. The van der Waals surface area contributed by atoms with Gasteiger partial charge in [-0.1, -0.05) is 49.4 Å². The molecule has 0 saturated heterocycles. The van der Waals surface area contributed by atoms with E-state index in [1.165, 1.54) is 6.07 Å². The Hall–Kier alpha value is -1.52. The third kappa shape index (κ3) is 3.74. The van der Waals surface area contributed by atoms with Gasteiger partial charge in [-0.15, -0.1) is 0 Å². The highest BCUT2D eigenvalue weighted by molar-refractivity contribution is 7.85. The van der Waals surface area contributed by atoms with Crippen molar-refractivity contribution in [2.24, 2.45) is 0 Å². The lowest BCUT2D eigenvalue weighted by molar-refractivity contribution is 0.581. The van der Waals surface area contributed by atoms with E-state index in [0.29, 0.717) is 5.75 Å². The van der Waals surface area contributed by atoms with Crippen LogP contribution in [0.1, 0.15) is 18.5 Å². The molecule has 0 saturated carbocycles. The van der Waals surface area contributed by atoms with Crippen molar-refractivity contribution >= 4 is 10.8 Å². The third-order valence-corrected chi connectivity index (χ3v) is 4.51. The van der Waals surface area contributed by atoms with E-state index in [1.54, 1.807) is 18.2 Å². The fourth-order valence-electron chi connectivity index (χ4n) is 2.08. The fraction of sp³-hybridized carbons (Fsp3) is 0.250. The lowest BCUT2D eigenvalue weighted by Gasteiger charge is -2.18. The van der Waals surface area contributed by atoms with Crippen LogP contribution >= 0.6 is 0 Å². The number of nitrogens with one attached hydrogen (secondary N) is 1. The molecule has 0 aromatic heterocycles. The maximum atomic E-state index is 13.7. The summed E-state index contributed by atoms with van der Waals surface area (Å²) in [5.74, 6) is -0.0483. The topological polar surface area (TPSA) is 29.1 Å². The Bertz CT molecular complexity index is 574. The summed E-state index contributed by atoms with van der Waals surface area (Å²) in [6.07, 6.45) is 0. The fourth-order valence-corrected chi connectivity index (χ4v) is 3.38. The maximum Gasteiger partial charge on any atom is 0.139 e. The molecule has 2 nitrogen and oxygen atoms in total. The standard InChI is InChI=1S/C16H18FNOS/c1-2-18-15(13-8-4-3-5-9-13)12-20(19)16-11-7-6-10-14(16)17/h3-11,15,18H,2,12H2,1H3. The lowest BCUT2D eigenvalue weighted by atomic mass is 10.1. The van der Waals surface area contributed by atoms with Crippen molar-refractivity contribution in [3.63, 3.8) is 0 Å². The first-order valence-electron chi connectivity index (χ1n) is 6.63. The van der Waals surface area contributed by atoms with Crippen molar-refractivity contribution in [1.29, 1.82) is 0 Å². The third-order valence-electron chi connectivity index (χ3n) is 3.05. The van der Waals surface area contributed by atoms with Gasteiger partial charge in [0.05, 0.1) is 15.7 Å². The van der Waals surface area contributed by atoms with Gasteiger partial charge in [0.1, 0.15) is 5.82 Å². The molecule has 1 N–H and O–H groups in total. The second-order valence-electron chi connectivity index (χ2n) is 4.46. The van der Waals surface area contributed by atoms with Gasteiger partial charge >= 0.3 is 0 Å². The smallest absolute Gasteiger partial charge is 0.139 e. The van der Waals surface area contributed by atoms with Crippen LogP contribution in [0.3, 0.4) is 0 Å². The van der Waals surface area contributed by atoms with Crippen LogP contribution in [0.5, 0.6) is 0 Å². The Morgan fingerprint density at radius 2 is 1.75 bits per heavy atom. The second kappa shape index (κ2) is 7.31. The zero-order valence-corrected chi connectivity index (χ0v) is 12.2. The summed E-state index contributed by atoms with van der Waals surface area (Å²) in [6, 6.07) is 16.0. The first-order valence-corrected chi connectivity index (χ1v) is 7.95. The van der Waals surface area contributed by atoms with E-state index in [4.69, 9.17) is 0 Å². The highest BCUT2D eigenvalue weighted by Crippen LogP contribution is 2.19. The molecule has 0 radical (unpaired) electrons. The van der Waals surface area contributed by atoms with E-state index in [1.807, 2.05) is 37.3 Å².